The molecule has 1 aromatic heterocycles. The van der Waals surface area contributed by atoms with Crippen LogP contribution < -0.4 is 21.7 Å². The number of likely N-dealkylation sites (N-methyl/N-ethyl adjacent to an activating group) is 1. The summed E-state index contributed by atoms with van der Waals surface area (Å²) in [6.45, 7) is 13.6. The lowest BCUT2D eigenvalue weighted by atomic mass is 9.80. The molecule has 15 heteroatoms. The number of nitrogens with zero attached hydrogens (tertiary/aromatic N) is 2. The quantitative estimate of drug-likeness (QED) is 0.214. The molecule has 6 atom stereocenters. The summed E-state index contributed by atoms with van der Waals surface area (Å²) in [5.41, 5.74) is 4.35. The fourth-order valence-corrected chi connectivity index (χ4v) is 9.45. The lowest BCUT2D eigenvalue weighted by molar-refractivity contribution is -0.145. The number of thiophene rings is 1. The minimum atomic E-state index is -3.75. The van der Waals surface area contributed by atoms with Crippen LogP contribution in [0, 0.1) is 34.5 Å². The maximum atomic E-state index is 14.3. The van der Waals surface area contributed by atoms with Gasteiger partial charge in [0.2, 0.25) is 17.6 Å². The summed E-state index contributed by atoms with van der Waals surface area (Å²) >= 11 is 1.11. The second kappa shape index (κ2) is 14.1. The van der Waals surface area contributed by atoms with Crippen molar-refractivity contribution in [3.63, 3.8) is 0 Å². The van der Waals surface area contributed by atoms with E-state index in [2.05, 4.69) is 16.0 Å². The van der Waals surface area contributed by atoms with Gasteiger partial charge < -0.3 is 26.6 Å². The zero-order valence-electron chi connectivity index (χ0n) is 29.2. The number of hydrogen-bond acceptors (Lipinski definition) is 8. The number of rotatable bonds is 14. The van der Waals surface area contributed by atoms with Gasteiger partial charge in [-0.1, -0.05) is 73.8 Å². The highest BCUT2D eigenvalue weighted by molar-refractivity contribution is 7.91. The summed E-state index contributed by atoms with van der Waals surface area (Å²) in [7, 11) is -2.28. The van der Waals surface area contributed by atoms with Crippen LogP contribution in [0.25, 0.3) is 0 Å². The van der Waals surface area contributed by atoms with Crippen LogP contribution in [-0.2, 0) is 29.2 Å². The van der Waals surface area contributed by atoms with Crippen LogP contribution >= 0.6 is 11.3 Å². The van der Waals surface area contributed by atoms with Crippen molar-refractivity contribution >= 4 is 50.9 Å². The number of ketones is 1. The molecule has 3 fully saturated rings. The van der Waals surface area contributed by atoms with Crippen LogP contribution in [0.3, 0.4) is 0 Å². The van der Waals surface area contributed by atoms with Crippen LogP contribution in [0.2, 0.25) is 0 Å². The Morgan fingerprint density at radius 1 is 1.10 bits per heavy atom. The zero-order valence-corrected chi connectivity index (χ0v) is 30.9. The number of primary amides is 1. The van der Waals surface area contributed by atoms with Crippen LogP contribution in [-0.4, -0.2) is 91.5 Å². The van der Waals surface area contributed by atoms with Gasteiger partial charge >= 0.3 is 6.03 Å². The van der Waals surface area contributed by atoms with Crippen molar-refractivity contribution in [2.24, 2.45) is 40.2 Å². The first-order valence-corrected chi connectivity index (χ1v) is 19.0. The topological polar surface area (TPSA) is 188 Å². The van der Waals surface area contributed by atoms with Crippen LogP contribution in [0.4, 0.5) is 4.79 Å². The molecule has 5 N–H and O–H groups in total. The molecule has 1 saturated heterocycles. The Morgan fingerprint density at radius 2 is 1.75 bits per heavy atom. The molecule has 2 heterocycles. The van der Waals surface area contributed by atoms with Gasteiger partial charge in [0, 0.05) is 26.2 Å². The number of fused-ring (bicyclic) bond motifs is 1. The second-order valence-corrected chi connectivity index (χ2v) is 18.9. The summed E-state index contributed by atoms with van der Waals surface area (Å²) < 4.78 is 27.5. The standard InChI is InChI=1S/C33H52N6O7S2/c1-18(2)22(17-38(8)48(45,46)23-13-10-14-47-23)36-31(44)37-27(32(3,4)5)30(43)39-16-20-24(33(20,6)7)25(39)29(42)35-21(26(40)28(34)41)15-19-11-9-12-19/h10,13-14,18-22,24-25,27H,9,11-12,15-17H2,1-8H3,(H2,34,41)(H,35,42)(H2,36,37,44)/t20-,21?,22+,24-,25-,27+/m0/s1. The molecule has 1 aliphatic heterocycles. The number of nitrogens with one attached hydrogen (secondary N) is 3. The number of nitrogens with two attached hydrogens (primary N) is 1. The third-order valence-corrected chi connectivity index (χ3v) is 13.7. The Bertz CT molecular complexity index is 1500. The molecule has 0 aromatic carbocycles. The van der Waals surface area contributed by atoms with E-state index in [1.165, 1.54) is 22.3 Å². The average Bonchev–Trinajstić information content (AvgIpc) is 3.42. The van der Waals surface area contributed by atoms with Crippen LogP contribution in [0.1, 0.15) is 74.1 Å². The molecule has 48 heavy (non-hydrogen) atoms. The largest absolute Gasteiger partial charge is 0.363 e. The van der Waals surface area contributed by atoms with E-state index in [1.54, 1.807) is 11.4 Å². The Morgan fingerprint density at radius 3 is 2.25 bits per heavy atom. The van der Waals surface area contributed by atoms with Gasteiger partial charge in [0.15, 0.2) is 0 Å². The molecule has 0 spiro atoms. The molecule has 1 aromatic rings. The molecule has 5 amide bonds. The molecule has 3 aliphatic rings. The number of carbonyl (C=O) groups excluding carboxylic acids is 5. The van der Waals surface area contributed by atoms with Crippen molar-refractivity contribution in [2.75, 3.05) is 20.1 Å². The monoisotopic (exact) mass is 708 g/mol. The summed E-state index contributed by atoms with van der Waals surface area (Å²) in [4.78, 5) is 67.8. The van der Waals surface area contributed by atoms with Gasteiger partial charge in [-0.3, -0.25) is 19.2 Å². The molecule has 2 saturated carbocycles. The Balaban J connectivity index is 1.50. The number of amides is 5. The van der Waals surface area contributed by atoms with Crippen molar-refractivity contribution in [2.45, 2.75) is 103 Å². The maximum absolute atomic E-state index is 14.3. The molecular weight excluding hydrogens is 657 g/mol. The van der Waals surface area contributed by atoms with Crippen molar-refractivity contribution in [3.8, 4) is 0 Å². The van der Waals surface area contributed by atoms with E-state index in [4.69, 9.17) is 5.73 Å². The molecule has 2 aliphatic carbocycles. The van der Waals surface area contributed by atoms with E-state index >= 15 is 0 Å². The maximum Gasteiger partial charge on any atom is 0.315 e. The van der Waals surface area contributed by atoms with E-state index in [-0.39, 0.29) is 39.8 Å². The van der Waals surface area contributed by atoms with Gasteiger partial charge in [-0.2, -0.15) is 4.31 Å². The SMILES string of the molecule is CC(C)[C@@H](CN(C)S(=O)(=O)c1cccs1)NC(=O)N[C@H](C(=O)N1C[C@H]2[C@@H]([C@H]1C(=O)NC(CC1CCC1)C(=O)C(N)=O)C2(C)C)C(C)(C)C. The third-order valence-electron chi connectivity index (χ3n) is 10.6. The minimum Gasteiger partial charge on any atom is -0.363 e. The molecule has 268 valence electrons. The highest BCUT2D eigenvalue weighted by atomic mass is 32.2. The highest BCUT2D eigenvalue weighted by Crippen LogP contribution is 2.65. The number of hydrogen-bond donors (Lipinski definition) is 4. The van der Waals surface area contributed by atoms with E-state index < -0.39 is 69.1 Å². The predicted octanol–water partition coefficient (Wildman–Crippen LogP) is 2.32. The lowest BCUT2D eigenvalue weighted by Crippen LogP contribution is -2.62. The third kappa shape index (κ3) is 7.88. The number of piperidine rings is 1. The van der Waals surface area contributed by atoms with Gasteiger partial charge in [-0.25, -0.2) is 13.2 Å². The molecule has 0 bridgehead atoms. The Labute approximate surface area is 288 Å². The Kier molecular flexibility index (Phi) is 11.1. The van der Waals surface area contributed by atoms with Gasteiger partial charge in [-0.15, -0.1) is 11.3 Å². The first-order chi connectivity index (χ1) is 22.2. The Hall–Kier alpha value is -3.04. The summed E-state index contributed by atoms with van der Waals surface area (Å²) in [5, 5.41) is 10.2. The van der Waals surface area contributed by atoms with Crippen molar-refractivity contribution in [1.82, 2.24) is 25.2 Å². The van der Waals surface area contributed by atoms with Crippen molar-refractivity contribution in [1.29, 1.82) is 0 Å². The normalized spacial score (nSPS) is 23.9. The molecule has 4 rings (SSSR count). The first kappa shape index (κ1) is 37.8. The van der Waals surface area contributed by atoms with Gasteiger partial charge in [-0.05, 0) is 52.4 Å². The predicted molar refractivity (Wildman–Crippen MR) is 182 cm³/mol. The van der Waals surface area contributed by atoms with E-state index in [9.17, 15) is 32.4 Å². The van der Waals surface area contributed by atoms with Crippen molar-refractivity contribution in [3.05, 3.63) is 17.5 Å². The summed E-state index contributed by atoms with van der Waals surface area (Å²) in [6, 6.07) is -1.01. The van der Waals surface area contributed by atoms with E-state index in [0.717, 1.165) is 30.6 Å². The highest BCUT2D eigenvalue weighted by Gasteiger charge is 2.70. The van der Waals surface area contributed by atoms with Crippen LogP contribution in [0.5, 0.6) is 0 Å². The second-order valence-electron chi connectivity index (χ2n) is 15.7. The number of urea groups is 1. The van der Waals surface area contributed by atoms with E-state index in [0.29, 0.717) is 13.0 Å². The molecule has 0 radical (unpaired) electrons. The van der Waals surface area contributed by atoms with Crippen LogP contribution in [0.15, 0.2) is 21.7 Å². The van der Waals surface area contributed by atoms with Gasteiger partial charge in [0.05, 0.1) is 6.04 Å². The smallest absolute Gasteiger partial charge is 0.315 e. The van der Waals surface area contributed by atoms with Gasteiger partial charge in [0.25, 0.3) is 15.9 Å². The number of sulfonamides is 1. The van der Waals surface area contributed by atoms with E-state index in [1.807, 2.05) is 48.5 Å². The number of Topliss-reactive ketones (excluding diaryl/α,β-unsaturated/α-hetero) is 1. The summed E-state index contributed by atoms with van der Waals surface area (Å²) in [6.07, 6.45) is 3.16. The molecular formula is C33H52N6O7S2. The zero-order chi connectivity index (χ0) is 35.9. The molecule has 13 nitrogen and oxygen atoms in total. The molecule has 1 unspecified atom stereocenters. The lowest BCUT2D eigenvalue weighted by Gasteiger charge is -2.38. The number of carbonyl (C=O) groups is 5. The average molecular weight is 709 g/mol. The number of likely N-dealkylation sites (tertiary alicyclic amines) is 1. The minimum absolute atomic E-state index is 0.0122. The fourth-order valence-electron chi connectivity index (χ4n) is 7.05. The first-order valence-electron chi connectivity index (χ1n) is 16.7. The fraction of sp³-hybridized carbons (Fsp3) is 0.727. The van der Waals surface area contributed by atoms with Crippen molar-refractivity contribution < 1.29 is 32.4 Å². The summed E-state index contributed by atoms with van der Waals surface area (Å²) in [5.74, 6) is -2.94. The van der Waals surface area contributed by atoms with Gasteiger partial charge in [0.1, 0.15) is 16.3 Å².